The van der Waals surface area contributed by atoms with Crippen molar-refractivity contribution in [2.75, 3.05) is 11.6 Å². The Morgan fingerprint density at radius 3 is 2.50 bits per heavy atom. The molecular weight excluding hydrogens is 408 g/mol. The number of nitrogens with one attached hydrogen (secondary N) is 1. The molecule has 0 bridgehead atoms. The molecule has 0 aliphatic carbocycles. The van der Waals surface area contributed by atoms with Crippen LogP contribution in [-0.2, 0) is 9.84 Å². The molecule has 0 saturated heterocycles. The average molecular weight is 426 g/mol. The Labute approximate surface area is 172 Å². The third-order valence-corrected chi connectivity index (χ3v) is 5.55. The van der Waals surface area contributed by atoms with E-state index in [-0.39, 0.29) is 10.7 Å². The van der Waals surface area contributed by atoms with E-state index < -0.39 is 15.7 Å². The number of aryl methyl sites for hydroxylation is 3. The van der Waals surface area contributed by atoms with E-state index in [0.717, 1.165) is 17.6 Å². The number of anilines is 1. The Morgan fingerprint density at radius 2 is 1.90 bits per heavy atom. The van der Waals surface area contributed by atoms with Gasteiger partial charge in [0.15, 0.2) is 14.9 Å². The van der Waals surface area contributed by atoms with Gasteiger partial charge in [-0.25, -0.2) is 18.4 Å². The standard InChI is InChI=1S/C20H18N4O5S/c1-10-7-14(12(3)28-10)16-8-15(18-11(2)24-29-20(18)23-16)19(25)22-13-5-6-17(21-9-13)30(4,26)27/h5-9H,1-4H3,(H,22,25). The third-order valence-electron chi connectivity index (χ3n) is 4.55. The summed E-state index contributed by atoms with van der Waals surface area (Å²) in [5, 5.41) is 7.08. The first-order valence-electron chi connectivity index (χ1n) is 8.95. The second-order valence-corrected chi connectivity index (χ2v) is 8.90. The van der Waals surface area contributed by atoms with Gasteiger partial charge in [-0.1, -0.05) is 5.16 Å². The summed E-state index contributed by atoms with van der Waals surface area (Å²) in [5.41, 5.74) is 2.70. The summed E-state index contributed by atoms with van der Waals surface area (Å²) in [6, 6.07) is 6.30. The minimum absolute atomic E-state index is 0.0743. The zero-order chi connectivity index (χ0) is 21.6. The molecule has 4 rings (SSSR count). The minimum atomic E-state index is -3.43. The number of rotatable bonds is 4. The van der Waals surface area contributed by atoms with Gasteiger partial charge in [0.05, 0.1) is 34.2 Å². The predicted octanol–water partition coefficient (Wildman–Crippen LogP) is 3.46. The molecule has 10 heteroatoms. The lowest BCUT2D eigenvalue weighted by Gasteiger charge is -2.08. The first-order valence-corrected chi connectivity index (χ1v) is 10.8. The zero-order valence-electron chi connectivity index (χ0n) is 16.7. The quantitative estimate of drug-likeness (QED) is 0.525. The smallest absolute Gasteiger partial charge is 0.259 e. The number of pyridine rings is 2. The van der Waals surface area contributed by atoms with Crippen LogP contribution in [0.2, 0.25) is 0 Å². The number of carbonyl (C=O) groups is 1. The van der Waals surface area contributed by atoms with Crippen molar-refractivity contribution in [3.63, 3.8) is 0 Å². The molecule has 0 aromatic carbocycles. The fourth-order valence-corrected chi connectivity index (χ4v) is 3.73. The molecule has 0 aliphatic rings. The van der Waals surface area contributed by atoms with Crippen molar-refractivity contribution < 1.29 is 22.2 Å². The number of carbonyl (C=O) groups excluding carboxylic acids is 1. The third kappa shape index (κ3) is 3.57. The molecule has 9 nitrogen and oxygen atoms in total. The molecule has 4 aromatic heterocycles. The van der Waals surface area contributed by atoms with Crippen molar-refractivity contribution in [2.24, 2.45) is 0 Å². The van der Waals surface area contributed by atoms with Gasteiger partial charge in [0, 0.05) is 11.8 Å². The van der Waals surface area contributed by atoms with Gasteiger partial charge >= 0.3 is 0 Å². The maximum Gasteiger partial charge on any atom is 0.259 e. The van der Waals surface area contributed by atoms with Crippen LogP contribution in [0.4, 0.5) is 5.69 Å². The van der Waals surface area contributed by atoms with Gasteiger partial charge in [0.1, 0.15) is 11.5 Å². The summed E-state index contributed by atoms with van der Waals surface area (Å²) in [4.78, 5) is 21.4. The van der Waals surface area contributed by atoms with Crippen LogP contribution in [0.3, 0.4) is 0 Å². The summed E-state index contributed by atoms with van der Waals surface area (Å²) < 4.78 is 34.0. The highest BCUT2D eigenvalue weighted by molar-refractivity contribution is 7.90. The van der Waals surface area contributed by atoms with Crippen LogP contribution < -0.4 is 5.32 Å². The topological polar surface area (TPSA) is 128 Å². The van der Waals surface area contributed by atoms with E-state index in [4.69, 9.17) is 8.94 Å². The van der Waals surface area contributed by atoms with E-state index in [1.807, 2.05) is 19.9 Å². The van der Waals surface area contributed by atoms with Crippen LogP contribution in [0.25, 0.3) is 22.4 Å². The molecule has 0 atom stereocenters. The van der Waals surface area contributed by atoms with Gasteiger partial charge in [-0.3, -0.25) is 4.79 Å². The molecule has 0 unspecified atom stereocenters. The molecule has 30 heavy (non-hydrogen) atoms. The first-order chi connectivity index (χ1) is 14.1. The number of hydrogen-bond donors (Lipinski definition) is 1. The van der Waals surface area contributed by atoms with Gasteiger partial charge < -0.3 is 14.3 Å². The van der Waals surface area contributed by atoms with E-state index in [1.54, 1.807) is 13.0 Å². The lowest BCUT2D eigenvalue weighted by Crippen LogP contribution is -2.13. The normalized spacial score (nSPS) is 11.7. The second-order valence-electron chi connectivity index (χ2n) is 6.94. The Bertz CT molecular complexity index is 1380. The average Bonchev–Trinajstić information content (AvgIpc) is 3.22. The summed E-state index contributed by atoms with van der Waals surface area (Å²) in [5.74, 6) is 0.963. The number of fused-ring (bicyclic) bond motifs is 1. The van der Waals surface area contributed by atoms with Crippen molar-refractivity contribution in [2.45, 2.75) is 25.8 Å². The second kappa shape index (κ2) is 7.06. The lowest BCUT2D eigenvalue weighted by atomic mass is 10.1. The molecule has 0 aliphatic heterocycles. The largest absolute Gasteiger partial charge is 0.466 e. The van der Waals surface area contributed by atoms with Crippen molar-refractivity contribution in [3.8, 4) is 11.3 Å². The fraction of sp³-hybridized carbons (Fsp3) is 0.200. The molecule has 154 valence electrons. The summed E-state index contributed by atoms with van der Waals surface area (Å²) in [7, 11) is -3.43. The molecule has 1 amide bonds. The van der Waals surface area contributed by atoms with Crippen LogP contribution in [0.1, 0.15) is 27.6 Å². The SMILES string of the molecule is Cc1cc(-c2cc(C(=O)Nc3ccc(S(C)(=O)=O)nc3)c3c(C)noc3n2)c(C)o1. The van der Waals surface area contributed by atoms with Gasteiger partial charge in [-0.05, 0) is 45.0 Å². The number of furan rings is 1. The highest BCUT2D eigenvalue weighted by Gasteiger charge is 2.21. The van der Waals surface area contributed by atoms with E-state index >= 15 is 0 Å². The molecule has 4 aromatic rings. The number of nitrogens with zero attached hydrogens (tertiary/aromatic N) is 3. The lowest BCUT2D eigenvalue weighted by molar-refractivity contribution is 0.102. The Morgan fingerprint density at radius 1 is 1.13 bits per heavy atom. The molecule has 1 N–H and O–H groups in total. The zero-order valence-corrected chi connectivity index (χ0v) is 17.5. The Hall–Kier alpha value is -3.53. The molecule has 0 saturated carbocycles. The summed E-state index contributed by atoms with van der Waals surface area (Å²) in [6.45, 7) is 5.36. The molecule has 0 radical (unpaired) electrons. The molecule has 0 fully saturated rings. The van der Waals surface area contributed by atoms with Crippen LogP contribution in [0, 0.1) is 20.8 Å². The van der Waals surface area contributed by atoms with Crippen LogP contribution in [-0.4, -0.2) is 35.7 Å². The van der Waals surface area contributed by atoms with Crippen molar-refractivity contribution >= 4 is 32.5 Å². The summed E-state index contributed by atoms with van der Waals surface area (Å²) in [6.07, 6.45) is 2.36. The highest BCUT2D eigenvalue weighted by atomic mass is 32.2. The van der Waals surface area contributed by atoms with Crippen molar-refractivity contribution in [3.05, 3.63) is 53.2 Å². The monoisotopic (exact) mass is 426 g/mol. The Balaban J connectivity index is 1.76. The van der Waals surface area contributed by atoms with Gasteiger partial charge in [0.2, 0.25) is 0 Å². The number of sulfone groups is 1. The maximum atomic E-state index is 13.1. The predicted molar refractivity (Wildman–Crippen MR) is 109 cm³/mol. The van der Waals surface area contributed by atoms with Crippen LogP contribution in [0.15, 0.2) is 44.4 Å². The molecule has 0 spiro atoms. The first kappa shape index (κ1) is 19.8. The minimum Gasteiger partial charge on any atom is -0.466 e. The Kier molecular flexibility index (Phi) is 4.65. The number of amides is 1. The molecular formula is C20H18N4O5S. The van der Waals surface area contributed by atoms with Crippen molar-refractivity contribution in [1.29, 1.82) is 0 Å². The van der Waals surface area contributed by atoms with Gasteiger partial charge in [-0.2, -0.15) is 0 Å². The van der Waals surface area contributed by atoms with Gasteiger partial charge in [-0.15, -0.1) is 0 Å². The highest BCUT2D eigenvalue weighted by Crippen LogP contribution is 2.30. The maximum absolute atomic E-state index is 13.1. The number of hydrogen-bond acceptors (Lipinski definition) is 8. The van der Waals surface area contributed by atoms with Crippen LogP contribution in [0.5, 0.6) is 0 Å². The van der Waals surface area contributed by atoms with E-state index in [2.05, 4.69) is 20.4 Å². The van der Waals surface area contributed by atoms with Gasteiger partial charge in [0.25, 0.3) is 11.6 Å². The van der Waals surface area contributed by atoms with E-state index in [1.165, 1.54) is 18.3 Å². The number of aromatic nitrogens is 3. The molecule has 4 heterocycles. The van der Waals surface area contributed by atoms with Crippen molar-refractivity contribution in [1.82, 2.24) is 15.1 Å². The van der Waals surface area contributed by atoms with E-state index in [9.17, 15) is 13.2 Å². The fourth-order valence-electron chi connectivity index (χ4n) is 3.17. The summed E-state index contributed by atoms with van der Waals surface area (Å²) >= 11 is 0. The van der Waals surface area contributed by atoms with E-state index in [0.29, 0.717) is 33.8 Å². The van der Waals surface area contributed by atoms with Crippen LogP contribution >= 0.6 is 0 Å².